The molecular weight excluding hydrogens is 870 g/mol. The van der Waals surface area contributed by atoms with Crippen LogP contribution < -0.4 is 20.9 Å². The maximum atomic E-state index is 15.5. The van der Waals surface area contributed by atoms with E-state index < -0.39 is 36.2 Å². The Balaban J connectivity index is 0.695. The predicted octanol–water partition coefficient (Wildman–Crippen LogP) is 4.69. The molecule has 17 nitrogen and oxygen atoms in total. The molecule has 1 aromatic carbocycles. The van der Waals surface area contributed by atoms with Crippen LogP contribution >= 0.6 is 0 Å². The Kier molecular flexibility index (Phi) is 13.0. The van der Waals surface area contributed by atoms with E-state index in [2.05, 4.69) is 52.9 Å². The van der Waals surface area contributed by atoms with E-state index in [1.54, 1.807) is 22.6 Å². The third kappa shape index (κ3) is 9.64. The highest BCUT2D eigenvalue weighted by Gasteiger charge is 2.35. The van der Waals surface area contributed by atoms with E-state index in [0.717, 1.165) is 75.3 Å². The number of alkyl halides is 3. The van der Waals surface area contributed by atoms with Gasteiger partial charge in [0.2, 0.25) is 11.8 Å². The van der Waals surface area contributed by atoms with Gasteiger partial charge < -0.3 is 25.0 Å². The number of piperidine rings is 3. The Bertz CT molecular complexity index is 2690. The molecule has 8 heterocycles. The van der Waals surface area contributed by atoms with Crippen LogP contribution in [-0.4, -0.2) is 134 Å². The lowest BCUT2D eigenvalue weighted by molar-refractivity contribution is -0.134. The number of carbonyl (C=O) groups excluding carboxylic acids is 3. The number of ether oxygens (including phenoxy) is 2. The van der Waals surface area contributed by atoms with Crippen molar-refractivity contribution in [3.63, 3.8) is 0 Å². The standard InChI is InChI=1S/C47H55F3N12O5/c1-58-43-29(4-2-6-33(43)41(56-58)34-11-12-40(63)55-46(34)64)5-3-21-67-38-15-17-59(24-36(38)48)23-28-7-9-32(10-8-28)62-25-37(42(57-62)44(49)50)53-47(65)35-22-51-61-20-16-39(54-45(35)61)60-18-13-30(14-19-60)52-31-26-66-27-31/h2,4,6,16,20,22,25,28,30-32,34,36,38,44,52H,7-15,17-19,21,23-24,26-27H2,1H3,(H,53,65)(H,55,63,64)/t28-,32-,34?,36-,38+/m1/s1. The molecule has 354 valence electrons. The molecule has 67 heavy (non-hydrogen) atoms. The van der Waals surface area contributed by atoms with Gasteiger partial charge in [-0.15, -0.1) is 0 Å². The van der Waals surface area contributed by atoms with Crippen molar-refractivity contribution in [3.05, 3.63) is 65.4 Å². The van der Waals surface area contributed by atoms with Gasteiger partial charge in [0.15, 0.2) is 11.3 Å². The monoisotopic (exact) mass is 924 g/mol. The average Bonchev–Trinajstić information content (AvgIpc) is 4.03. The Morgan fingerprint density at radius 2 is 1.84 bits per heavy atom. The summed E-state index contributed by atoms with van der Waals surface area (Å²) >= 11 is 0. The first kappa shape index (κ1) is 44.9. The molecule has 3 atom stereocenters. The molecule has 4 aromatic heterocycles. The van der Waals surface area contributed by atoms with E-state index in [-0.39, 0.29) is 48.7 Å². The first-order chi connectivity index (χ1) is 32.5. The Morgan fingerprint density at radius 3 is 2.58 bits per heavy atom. The van der Waals surface area contributed by atoms with Gasteiger partial charge in [-0.05, 0) is 69.4 Å². The molecule has 0 bridgehead atoms. The summed E-state index contributed by atoms with van der Waals surface area (Å²) in [4.78, 5) is 47.0. The lowest BCUT2D eigenvalue weighted by Crippen LogP contribution is -2.53. The number of hydrogen-bond donors (Lipinski definition) is 3. The number of benzene rings is 1. The van der Waals surface area contributed by atoms with E-state index in [1.165, 1.54) is 16.9 Å². The highest BCUT2D eigenvalue weighted by atomic mass is 19.3. The van der Waals surface area contributed by atoms with Gasteiger partial charge in [-0.2, -0.15) is 15.3 Å². The van der Waals surface area contributed by atoms with Crippen LogP contribution in [0.3, 0.4) is 0 Å². The van der Waals surface area contributed by atoms with Crippen molar-refractivity contribution < 1.29 is 37.0 Å². The number of fused-ring (bicyclic) bond motifs is 2. The number of para-hydroxylation sites is 1. The number of halogens is 3. The second-order valence-electron chi connectivity index (χ2n) is 18.5. The van der Waals surface area contributed by atoms with Gasteiger partial charge >= 0.3 is 0 Å². The van der Waals surface area contributed by atoms with Crippen LogP contribution in [0.2, 0.25) is 0 Å². The fourth-order valence-electron chi connectivity index (χ4n) is 10.4. The van der Waals surface area contributed by atoms with Crippen LogP contribution in [-0.2, 0) is 26.1 Å². The molecule has 0 radical (unpaired) electrons. The second kappa shape index (κ2) is 19.4. The summed E-state index contributed by atoms with van der Waals surface area (Å²) in [5, 5.41) is 22.7. The Hall–Kier alpha value is -5.88. The number of aryl methyl sites for hydroxylation is 1. The third-order valence-corrected chi connectivity index (χ3v) is 14.1. The van der Waals surface area contributed by atoms with E-state index >= 15 is 4.39 Å². The highest BCUT2D eigenvalue weighted by Crippen LogP contribution is 2.36. The molecule has 3 amide bonds. The van der Waals surface area contributed by atoms with Crippen molar-refractivity contribution in [3.8, 4) is 11.8 Å². The summed E-state index contributed by atoms with van der Waals surface area (Å²) in [7, 11) is 1.80. The summed E-state index contributed by atoms with van der Waals surface area (Å²) in [5.74, 6) is 5.50. The van der Waals surface area contributed by atoms with Gasteiger partial charge in [0, 0.05) is 70.0 Å². The van der Waals surface area contributed by atoms with Gasteiger partial charge in [0.25, 0.3) is 12.3 Å². The predicted molar refractivity (Wildman–Crippen MR) is 241 cm³/mol. The van der Waals surface area contributed by atoms with Crippen molar-refractivity contribution >= 4 is 45.8 Å². The van der Waals surface area contributed by atoms with Crippen LogP contribution in [0.25, 0.3) is 16.6 Å². The second-order valence-corrected chi connectivity index (χ2v) is 18.5. The number of nitrogens with zero attached hydrogens (tertiary/aromatic N) is 9. The molecule has 5 fully saturated rings. The fourth-order valence-corrected chi connectivity index (χ4v) is 10.4. The number of amides is 3. The van der Waals surface area contributed by atoms with Crippen molar-refractivity contribution in [1.29, 1.82) is 0 Å². The average molecular weight is 925 g/mol. The smallest absolute Gasteiger partial charge is 0.284 e. The zero-order valence-corrected chi connectivity index (χ0v) is 37.4. The van der Waals surface area contributed by atoms with Crippen LogP contribution in [0.15, 0.2) is 42.9 Å². The zero-order chi connectivity index (χ0) is 46.2. The minimum Gasteiger partial charge on any atom is -0.378 e. The molecule has 5 aromatic rings. The summed E-state index contributed by atoms with van der Waals surface area (Å²) in [6.45, 7) is 4.86. The van der Waals surface area contributed by atoms with E-state index in [4.69, 9.17) is 14.5 Å². The number of hydrogen-bond acceptors (Lipinski definition) is 12. The van der Waals surface area contributed by atoms with Gasteiger partial charge in [0.05, 0.1) is 66.0 Å². The number of anilines is 2. The Labute approximate surface area is 385 Å². The quantitative estimate of drug-likeness (QED) is 0.116. The zero-order valence-electron chi connectivity index (χ0n) is 37.4. The van der Waals surface area contributed by atoms with Gasteiger partial charge in [-0.1, -0.05) is 24.0 Å². The van der Waals surface area contributed by atoms with E-state index in [1.807, 2.05) is 24.3 Å². The molecule has 1 unspecified atom stereocenters. The molecule has 3 N–H and O–H groups in total. The highest BCUT2D eigenvalue weighted by molar-refractivity contribution is 6.08. The molecule has 5 aliphatic rings. The van der Waals surface area contributed by atoms with Crippen LogP contribution in [0.4, 0.5) is 24.7 Å². The van der Waals surface area contributed by atoms with Crippen molar-refractivity contribution in [1.82, 2.24) is 49.7 Å². The lowest BCUT2D eigenvalue weighted by atomic mass is 9.85. The SMILES string of the molecule is Cn1nc(C2CCC(=O)NC2=O)c2cccc(C#CCO[C@H]3CCN(C[C@H]4CC[C@H](n5cc(NC(=O)c6cnn7ccc(N8CCC(NC9COC9)CC8)nc67)c(C(F)F)n5)CC4)C[C@H]3F)c21. The normalized spacial score (nSPS) is 24.5. The number of aromatic nitrogens is 7. The van der Waals surface area contributed by atoms with Gasteiger partial charge in [-0.25, -0.2) is 22.7 Å². The number of carbonyl (C=O) groups is 3. The molecule has 1 aliphatic carbocycles. The van der Waals surface area contributed by atoms with Gasteiger partial charge in [-0.3, -0.25) is 34.0 Å². The third-order valence-electron chi connectivity index (χ3n) is 14.1. The van der Waals surface area contributed by atoms with Crippen LogP contribution in [0, 0.1) is 17.8 Å². The largest absolute Gasteiger partial charge is 0.378 e. The van der Waals surface area contributed by atoms with Crippen LogP contribution in [0.5, 0.6) is 0 Å². The first-order valence-corrected chi connectivity index (χ1v) is 23.4. The van der Waals surface area contributed by atoms with Crippen LogP contribution in [0.1, 0.15) is 103 Å². The molecular formula is C47H55F3N12O5. The minimum absolute atomic E-state index is 0.0412. The molecule has 20 heteroatoms. The number of imide groups is 1. The van der Waals surface area contributed by atoms with Crippen molar-refractivity contribution in [2.24, 2.45) is 13.0 Å². The summed E-state index contributed by atoms with van der Waals surface area (Å²) in [5.41, 5.74) is 2.10. The summed E-state index contributed by atoms with van der Waals surface area (Å²) < 4.78 is 60.2. The maximum Gasteiger partial charge on any atom is 0.284 e. The number of nitrogens with one attached hydrogen (secondary N) is 3. The molecule has 0 spiro atoms. The molecule has 1 saturated carbocycles. The summed E-state index contributed by atoms with van der Waals surface area (Å²) in [6, 6.07) is 8.21. The minimum atomic E-state index is -2.90. The first-order valence-electron chi connectivity index (χ1n) is 23.4. The molecule has 10 rings (SSSR count). The number of rotatable bonds is 12. The van der Waals surface area contributed by atoms with E-state index in [0.29, 0.717) is 67.1 Å². The van der Waals surface area contributed by atoms with Crippen molar-refractivity contribution in [2.45, 2.75) is 101 Å². The van der Waals surface area contributed by atoms with E-state index in [9.17, 15) is 23.2 Å². The molecule has 4 saturated heterocycles. The lowest BCUT2D eigenvalue weighted by Gasteiger charge is -2.38. The molecule has 4 aliphatic heterocycles. The van der Waals surface area contributed by atoms with Gasteiger partial charge in [0.1, 0.15) is 24.2 Å². The fraction of sp³-hybridized carbons (Fsp3) is 0.553. The summed E-state index contributed by atoms with van der Waals surface area (Å²) in [6.07, 6.45) is 6.22. The topological polar surface area (TPSA) is 178 Å². The maximum absolute atomic E-state index is 15.5. The van der Waals surface area contributed by atoms with Crippen molar-refractivity contribution in [2.75, 3.05) is 62.8 Å². The Morgan fingerprint density at radius 1 is 1.01 bits per heavy atom. The number of likely N-dealkylation sites (tertiary alicyclic amines) is 1.